The van der Waals surface area contributed by atoms with E-state index in [1.165, 1.54) is 5.69 Å². The number of nitrogens with two attached hydrogens (primary N) is 1. The van der Waals surface area contributed by atoms with Gasteiger partial charge in [-0.05, 0) is 25.5 Å². The quantitative estimate of drug-likeness (QED) is 0.885. The molecule has 0 bridgehead atoms. The summed E-state index contributed by atoms with van der Waals surface area (Å²) in [5.74, 6) is 0. The summed E-state index contributed by atoms with van der Waals surface area (Å²) in [6.45, 7) is 4.09. The first-order chi connectivity index (χ1) is 8.51. The summed E-state index contributed by atoms with van der Waals surface area (Å²) in [4.78, 5) is 0. The number of hydrogen-bond acceptors (Lipinski definition) is 3. The average Bonchev–Trinajstić information content (AvgIpc) is 2.82. The molecule has 2 N–H and O–H groups in total. The van der Waals surface area contributed by atoms with Gasteiger partial charge in [-0.25, -0.2) is 0 Å². The lowest BCUT2D eigenvalue weighted by atomic mass is 10.1. The summed E-state index contributed by atoms with van der Waals surface area (Å²) in [5.41, 5.74) is 10.6. The van der Waals surface area contributed by atoms with Gasteiger partial charge in [-0.2, -0.15) is 10.2 Å². The zero-order valence-electron chi connectivity index (χ0n) is 11.5. The van der Waals surface area contributed by atoms with Gasteiger partial charge < -0.3 is 5.73 Å². The lowest BCUT2D eigenvalue weighted by molar-refractivity contribution is 0.587. The van der Waals surface area contributed by atoms with Crippen molar-refractivity contribution < 1.29 is 0 Å². The van der Waals surface area contributed by atoms with Gasteiger partial charge in [0.15, 0.2) is 0 Å². The highest BCUT2D eigenvalue weighted by Gasteiger charge is 2.15. The Labute approximate surface area is 108 Å². The van der Waals surface area contributed by atoms with Crippen molar-refractivity contribution in [3.63, 3.8) is 0 Å². The highest BCUT2D eigenvalue weighted by atomic mass is 15.3. The van der Waals surface area contributed by atoms with E-state index in [0.717, 1.165) is 29.9 Å². The largest absolute Gasteiger partial charge is 0.322 e. The molecule has 2 rings (SSSR count). The van der Waals surface area contributed by atoms with E-state index in [9.17, 15) is 0 Å². The molecule has 5 heteroatoms. The minimum Gasteiger partial charge on any atom is -0.322 e. The summed E-state index contributed by atoms with van der Waals surface area (Å²) in [7, 11) is 3.90. The summed E-state index contributed by atoms with van der Waals surface area (Å²) in [6.07, 6.45) is 1.73. The Bertz CT molecular complexity index is 538. The molecule has 2 aromatic rings. The molecular weight excluding hydrogens is 226 g/mol. The Hall–Kier alpha value is -1.62. The molecule has 0 aliphatic heterocycles. The van der Waals surface area contributed by atoms with Crippen LogP contribution in [0.5, 0.6) is 0 Å². The van der Waals surface area contributed by atoms with Gasteiger partial charge in [0.05, 0.1) is 23.1 Å². The van der Waals surface area contributed by atoms with Gasteiger partial charge in [-0.3, -0.25) is 9.36 Å². The first-order valence-electron chi connectivity index (χ1n) is 6.29. The second-order valence-electron chi connectivity index (χ2n) is 4.75. The van der Waals surface area contributed by atoms with Crippen molar-refractivity contribution in [2.75, 3.05) is 0 Å². The Kier molecular flexibility index (Phi) is 3.52. The van der Waals surface area contributed by atoms with E-state index in [1.807, 2.05) is 36.4 Å². The van der Waals surface area contributed by atoms with E-state index < -0.39 is 0 Å². The SMILES string of the molecule is CCc1cc(CC(N)c2cc(C)nn2C)n(C)n1. The van der Waals surface area contributed by atoms with E-state index in [0.29, 0.717) is 0 Å². The van der Waals surface area contributed by atoms with Crippen LogP contribution in [0.1, 0.15) is 35.7 Å². The minimum atomic E-state index is -0.0451. The normalized spacial score (nSPS) is 12.9. The molecule has 2 aromatic heterocycles. The van der Waals surface area contributed by atoms with Gasteiger partial charge in [-0.15, -0.1) is 0 Å². The van der Waals surface area contributed by atoms with Crippen LogP contribution in [0.2, 0.25) is 0 Å². The molecular formula is C13H21N5. The summed E-state index contributed by atoms with van der Waals surface area (Å²) in [6, 6.07) is 4.13. The van der Waals surface area contributed by atoms with Crippen molar-refractivity contribution in [3.8, 4) is 0 Å². The molecule has 98 valence electrons. The Morgan fingerprint density at radius 1 is 1.22 bits per heavy atom. The number of rotatable bonds is 4. The Morgan fingerprint density at radius 2 is 1.94 bits per heavy atom. The van der Waals surface area contributed by atoms with Crippen molar-refractivity contribution in [2.24, 2.45) is 19.8 Å². The molecule has 5 nitrogen and oxygen atoms in total. The highest BCUT2D eigenvalue weighted by Crippen LogP contribution is 2.17. The fourth-order valence-electron chi connectivity index (χ4n) is 2.24. The molecule has 18 heavy (non-hydrogen) atoms. The molecule has 0 radical (unpaired) electrons. The maximum atomic E-state index is 6.26. The van der Waals surface area contributed by atoms with Crippen LogP contribution in [-0.2, 0) is 26.9 Å². The third-order valence-electron chi connectivity index (χ3n) is 3.24. The summed E-state index contributed by atoms with van der Waals surface area (Å²) < 4.78 is 3.78. The predicted molar refractivity (Wildman–Crippen MR) is 71.2 cm³/mol. The number of hydrogen-bond donors (Lipinski definition) is 1. The molecule has 0 aliphatic carbocycles. The lowest BCUT2D eigenvalue weighted by Crippen LogP contribution is -2.18. The molecule has 0 spiro atoms. The van der Waals surface area contributed by atoms with E-state index in [2.05, 4.69) is 23.2 Å². The molecule has 0 aliphatic rings. The average molecular weight is 247 g/mol. The van der Waals surface area contributed by atoms with Gasteiger partial charge >= 0.3 is 0 Å². The molecule has 2 heterocycles. The smallest absolute Gasteiger partial charge is 0.0624 e. The molecule has 0 saturated heterocycles. The van der Waals surface area contributed by atoms with Crippen LogP contribution in [0.3, 0.4) is 0 Å². The van der Waals surface area contributed by atoms with Gasteiger partial charge in [0.1, 0.15) is 0 Å². The molecule has 0 amide bonds. The highest BCUT2D eigenvalue weighted by molar-refractivity contribution is 5.17. The van der Waals surface area contributed by atoms with Crippen molar-refractivity contribution in [1.82, 2.24) is 19.6 Å². The second-order valence-corrected chi connectivity index (χ2v) is 4.75. The molecule has 1 atom stereocenters. The van der Waals surface area contributed by atoms with Crippen LogP contribution in [0.25, 0.3) is 0 Å². The van der Waals surface area contributed by atoms with E-state index >= 15 is 0 Å². The van der Waals surface area contributed by atoms with Gasteiger partial charge in [-0.1, -0.05) is 6.92 Å². The van der Waals surface area contributed by atoms with E-state index in [4.69, 9.17) is 5.73 Å². The zero-order valence-corrected chi connectivity index (χ0v) is 11.5. The van der Waals surface area contributed by atoms with Gasteiger partial charge in [0.2, 0.25) is 0 Å². The molecule has 0 fully saturated rings. The van der Waals surface area contributed by atoms with Crippen LogP contribution < -0.4 is 5.73 Å². The standard InChI is InChI=1S/C13H21N5/c1-5-10-7-11(17(3)16-10)8-12(14)13-6-9(2)15-18(13)4/h6-7,12H,5,8,14H2,1-4H3. The van der Waals surface area contributed by atoms with Crippen LogP contribution in [-0.4, -0.2) is 19.6 Å². The number of nitrogens with zero attached hydrogens (tertiary/aromatic N) is 4. The fourth-order valence-corrected chi connectivity index (χ4v) is 2.24. The molecule has 1 unspecified atom stereocenters. The van der Waals surface area contributed by atoms with Crippen molar-refractivity contribution in [3.05, 3.63) is 34.9 Å². The van der Waals surface area contributed by atoms with E-state index in [-0.39, 0.29) is 6.04 Å². The first-order valence-corrected chi connectivity index (χ1v) is 6.29. The maximum absolute atomic E-state index is 6.26. The van der Waals surface area contributed by atoms with E-state index in [1.54, 1.807) is 0 Å². The minimum absolute atomic E-state index is 0.0451. The summed E-state index contributed by atoms with van der Waals surface area (Å²) in [5, 5.41) is 8.77. The Morgan fingerprint density at radius 3 is 2.44 bits per heavy atom. The number of aryl methyl sites for hydroxylation is 4. The monoisotopic (exact) mass is 247 g/mol. The third kappa shape index (κ3) is 2.46. The fraction of sp³-hybridized carbons (Fsp3) is 0.538. The number of aromatic nitrogens is 4. The predicted octanol–water partition coefficient (Wildman–Crippen LogP) is 1.27. The van der Waals surface area contributed by atoms with Crippen molar-refractivity contribution in [2.45, 2.75) is 32.7 Å². The molecule has 0 saturated carbocycles. The van der Waals surface area contributed by atoms with Crippen LogP contribution >= 0.6 is 0 Å². The molecule has 0 aromatic carbocycles. The topological polar surface area (TPSA) is 61.7 Å². The lowest BCUT2D eigenvalue weighted by Gasteiger charge is -2.11. The maximum Gasteiger partial charge on any atom is 0.0624 e. The van der Waals surface area contributed by atoms with Crippen LogP contribution in [0.15, 0.2) is 12.1 Å². The summed E-state index contributed by atoms with van der Waals surface area (Å²) >= 11 is 0. The third-order valence-corrected chi connectivity index (χ3v) is 3.24. The van der Waals surface area contributed by atoms with Crippen molar-refractivity contribution in [1.29, 1.82) is 0 Å². The first kappa shape index (κ1) is 12.8. The second kappa shape index (κ2) is 4.94. The van der Waals surface area contributed by atoms with Crippen LogP contribution in [0, 0.1) is 6.92 Å². The van der Waals surface area contributed by atoms with Gasteiger partial charge in [0, 0.05) is 26.2 Å². The van der Waals surface area contributed by atoms with Crippen LogP contribution in [0.4, 0.5) is 0 Å². The Balaban J connectivity index is 2.18. The van der Waals surface area contributed by atoms with Crippen molar-refractivity contribution >= 4 is 0 Å². The zero-order chi connectivity index (χ0) is 13.3. The van der Waals surface area contributed by atoms with Gasteiger partial charge in [0.25, 0.3) is 0 Å².